The first-order chi connectivity index (χ1) is 11.5. The van der Waals surface area contributed by atoms with E-state index in [2.05, 4.69) is 25.2 Å². The van der Waals surface area contributed by atoms with E-state index in [0.29, 0.717) is 23.1 Å². The first-order valence-corrected chi connectivity index (χ1v) is 9.16. The Morgan fingerprint density at radius 2 is 1.96 bits per heavy atom. The second kappa shape index (κ2) is 8.07. The highest BCUT2D eigenvalue weighted by atomic mass is 32.2. The van der Waals surface area contributed by atoms with E-state index < -0.39 is 0 Å². The summed E-state index contributed by atoms with van der Waals surface area (Å²) in [5, 5.41) is 12.5. The van der Waals surface area contributed by atoms with Crippen molar-refractivity contribution in [3.63, 3.8) is 0 Å². The standard InChI is InChI=1S/C19H23N3OS/c1-13(2)11-24-12-18(23)21-19-17(10-20)14(3)15(4)22(19)16-8-6-5-7-9-16/h5-9,13H,11-12H2,1-4H3,(H,21,23). The van der Waals surface area contributed by atoms with Gasteiger partial charge in [-0.1, -0.05) is 32.0 Å². The molecule has 2 aromatic rings. The summed E-state index contributed by atoms with van der Waals surface area (Å²) < 4.78 is 1.94. The van der Waals surface area contributed by atoms with Crippen LogP contribution in [0.2, 0.25) is 0 Å². The first-order valence-electron chi connectivity index (χ1n) is 8.00. The second-order valence-corrected chi connectivity index (χ2v) is 7.20. The minimum absolute atomic E-state index is 0.0770. The van der Waals surface area contributed by atoms with Gasteiger partial charge in [0.05, 0.1) is 11.3 Å². The molecule has 2 rings (SSSR count). The number of carbonyl (C=O) groups is 1. The lowest BCUT2D eigenvalue weighted by atomic mass is 10.2. The SMILES string of the molecule is Cc1c(C#N)c(NC(=O)CSCC(C)C)n(-c2ccccc2)c1C. The zero-order valence-corrected chi connectivity index (χ0v) is 15.4. The van der Waals surface area contributed by atoms with Gasteiger partial charge in [0.2, 0.25) is 5.91 Å². The number of thioether (sulfide) groups is 1. The second-order valence-electron chi connectivity index (χ2n) is 6.17. The molecular weight excluding hydrogens is 318 g/mol. The summed E-state index contributed by atoms with van der Waals surface area (Å²) in [6.45, 7) is 8.14. The number of carbonyl (C=O) groups excluding carboxylic acids is 1. The molecule has 1 aromatic heterocycles. The van der Waals surface area contributed by atoms with Crippen molar-refractivity contribution in [3.8, 4) is 11.8 Å². The Kier molecular flexibility index (Phi) is 6.10. The van der Waals surface area contributed by atoms with Crippen LogP contribution < -0.4 is 5.32 Å². The van der Waals surface area contributed by atoms with E-state index in [1.807, 2.05) is 48.7 Å². The molecule has 0 fully saturated rings. The van der Waals surface area contributed by atoms with Crippen LogP contribution in [0.25, 0.3) is 5.69 Å². The average molecular weight is 341 g/mol. The lowest BCUT2D eigenvalue weighted by Gasteiger charge is -2.13. The Balaban J connectivity index is 2.33. The normalized spacial score (nSPS) is 10.7. The lowest BCUT2D eigenvalue weighted by Crippen LogP contribution is -2.18. The molecule has 0 aliphatic rings. The predicted octanol–water partition coefficient (Wildman–Crippen LogP) is 4.29. The van der Waals surface area contributed by atoms with Crippen molar-refractivity contribution < 1.29 is 4.79 Å². The van der Waals surface area contributed by atoms with Crippen LogP contribution in [0, 0.1) is 31.1 Å². The van der Waals surface area contributed by atoms with Crippen molar-refractivity contribution in [2.24, 2.45) is 5.92 Å². The maximum absolute atomic E-state index is 12.3. The van der Waals surface area contributed by atoms with E-state index in [-0.39, 0.29) is 5.91 Å². The Labute approximate surface area is 147 Å². The van der Waals surface area contributed by atoms with Crippen molar-refractivity contribution in [3.05, 3.63) is 47.2 Å². The largest absolute Gasteiger partial charge is 0.310 e. The fourth-order valence-electron chi connectivity index (χ4n) is 2.52. The number of anilines is 1. The summed E-state index contributed by atoms with van der Waals surface area (Å²) in [4.78, 5) is 12.3. The van der Waals surface area contributed by atoms with E-state index in [9.17, 15) is 10.1 Å². The molecule has 0 aliphatic carbocycles. The van der Waals surface area contributed by atoms with Crippen molar-refractivity contribution in [2.75, 3.05) is 16.8 Å². The van der Waals surface area contributed by atoms with Crippen LogP contribution in [0.15, 0.2) is 30.3 Å². The summed E-state index contributed by atoms with van der Waals surface area (Å²) in [5.74, 6) is 2.37. The van der Waals surface area contributed by atoms with E-state index in [1.165, 1.54) is 0 Å². The molecule has 0 spiro atoms. The van der Waals surface area contributed by atoms with Crippen molar-refractivity contribution in [2.45, 2.75) is 27.7 Å². The Bertz CT molecular complexity index is 757. The molecule has 0 aliphatic heterocycles. The van der Waals surface area contributed by atoms with E-state index in [1.54, 1.807) is 11.8 Å². The van der Waals surface area contributed by atoms with Gasteiger partial charge in [-0.2, -0.15) is 17.0 Å². The van der Waals surface area contributed by atoms with Crippen LogP contribution in [0.5, 0.6) is 0 Å². The van der Waals surface area contributed by atoms with Crippen LogP contribution >= 0.6 is 11.8 Å². The highest BCUT2D eigenvalue weighted by Gasteiger charge is 2.20. The highest BCUT2D eigenvalue weighted by molar-refractivity contribution is 7.99. The van der Waals surface area contributed by atoms with E-state index >= 15 is 0 Å². The van der Waals surface area contributed by atoms with Crippen molar-refractivity contribution in [1.29, 1.82) is 5.26 Å². The summed E-state index contributed by atoms with van der Waals surface area (Å²) in [5.41, 5.74) is 3.32. The number of benzene rings is 1. The maximum atomic E-state index is 12.3. The van der Waals surface area contributed by atoms with Crippen LogP contribution in [0.1, 0.15) is 30.7 Å². The molecule has 0 saturated heterocycles. The van der Waals surface area contributed by atoms with Crippen LogP contribution in [0.4, 0.5) is 5.82 Å². The Morgan fingerprint density at radius 1 is 1.29 bits per heavy atom. The Hall–Kier alpha value is -2.19. The molecule has 1 amide bonds. The molecule has 0 unspecified atom stereocenters. The molecule has 0 saturated carbocycles. The fourth-order valence-corrected chi connectivity index (χ4v) is 3.36. The fraction of sp³-hybridized carbons (Fsp3) is 0.368. The number of nitriles is 1. The zero-order chi connectivity index (χ0) is 17.7. The predicted molar refractivity (Wildman–Crippen MR) is 101 cm³/mol. The van der Waals surface area contributed by atoms with Gasteiger partial charge in [-0.25, -0.2) is 0 Å². The summed E-state index contributed by atoms with van der Waals surface area (Å²) in [7, 11) is 0. The number of amides is 1. The smallest absolute Gasteiger partial charge is 0.235 e. The third-order valence-corrected chi connectivity index (χ3v) is 5.15. The molecule has 1 N–H and O–H groups in total. The summed E-state index contributed by atoms with van der Waals surface area (Å²) in [6, 6.07) is 12.0. The van der Waals surface area contributed by atoms with E-state index in [0.717, 1.165) is 22.7 Å². The Morgan fingerprint density at radius 3 is 2.54 bits per heavy atom. The van der Waals surface area contributed by atoms with Gasteiger partial charge in [0.15, 0.2) is 0 Å². The first kappa shape index (κ1) is 18.2. The summed E-state index contributed by atoms with van der Waals surface area (Å²) in [6.07, 6.45) is 0. The summed E-state index contributed by atoms with van der Waals surface area (Å²) >= 11 is 1.61. The third kappa shape index (κ3) is 4.01. The van der Waals surface area contributed by atoms with Gasteiger partial charge in [-0.15, -0.1) is 0 Å². The van der Waals surface area contributed by atoms with Gasteiger partial charge in [0.1, 0.15) is 11.9 Å². The molecule has 0 radical (unpaired) electrons. The van der Waals surface area contributed by atoms with Crippen LogP contribution in [-0.2, 0) is 4.79 Å². The lowest BCUT2D eigenvalue weighted by molar-refractivity contribution is -0.113. The molecule has 24 heavy (non-hydrogen) atoms. The maximum Gasteiger partial charge on any atom is 0.235 e. The van der Waals surface area contributed by atoms with Gasteiger partial charge in [0, 0.05) is 11.4 Å². The molecule has 4 nitrogen and oxygen atoms in total. The molecular formula is C19H23N3OS. The van der Waals surface area contributed by atoms with Crippen LogP contribution in [-0.4, -0.2) is 22.0 Å². The minimum Gasteiger partial charge on any atom is -0.310 e. The van der Waals surface area contributed by atoms with E-state index in [4.69, 9.17) is 0 Å². The molecule has 0 atom stereocenters. The number of aromatic nitrogens is 1. The molecule has 1 heterocycles. The topological polar surface area (TPSA) is 57.8 Å². The number of para-hydroxylation sites is 1. The molecule has 0 bridgehead atoms. The number of hydrogen-bond acceptors (Lipinski definition) is 3. The van der Waals surface area contributed by atoms with Gasteiger partial charge in [-0.3, -0.25) is 9.36 Å². The number of hydrogen-bond donors (Lipinski definition) is 1. The van der Waals surface area contributed by atoms with Gasteiger partial charge in [0.25, 0.3) is 0 Å². The molecule has 5 heteroatoms. The number of rotatable bonds is 6. The minimum atomic E-state index is -0.0770. The monoisotopic (exact) mass is 341 g/mol. The van der Waals surface area contributed by atoms with Gasteiger partial charge in [-0.05, 0) is 43.2 Å². The highest BCUT2D eigenvalue weighted by Crippen LogP contribution is 2.30. The van der Waals surface area contributed by atoms with Gasteiger partial charge < -0.3 is 5.32 Å². The molecule has 1 aromatic carbocycles. The van der Waals surface area contributed by atoms with Gasteiger partial charge >= 0.3 is 0 Å². The van der Waals surface area contributed by atoms with Crippen molar-refractivity contribution in [1.82, 2.24) is 4.57 Å². The average Bonchev–Trinajstić information content (AvgIpc) is 2.78. The zero-order valence-electron chi connectivity index (χ0n) is 14.6. The molecule has 126 valence electrons. The van der Waals surface area contributed by atoms with Crippen LogP contribution in [0.3, 0.4) is 0 Å². The van der Waals surface area contributed by atoms with Crippen molar-refractivity contribution >= 4 is 23.5 Å². The third-order valence-electron chi connectivity index (χ3n) is 3.78. The quantitative estimate of drug-likeness (QED) is 0.852. The number of nitrogens with one attached hydrogen (secondary N) is 1. The number of nitrogens with zero attached hydrogens (tertiary/aromatic N) is 2.